The molecule has 1 saturated heterocycles. The lowest BCUT2D eigenvalue weighted by Crippen LogP contribution is -2.41. The maximum atomic E-state index is 11.4. The standard InChI is InChI=1S/C19H21BO3/c1-18(2)19(3,4)23-20(22-18)16-11-10-15(13-21)17(12-16)14-8-6-5-7-9-14/h5-13H,1-4H3. The Labute approximate surface area is 137 Å². The Bertz CT molecular complexity index is 707. The molecule has 1 aliphatic rings. The first-order valence-corrected chi connectivity index (χ1v) is 7.84. The second-order valence-corrected chi connectivity index (χ2v) is 6.92. The topological polar surface area (TPSA) is 35.5 Å². The fourth-order valence-corrected chi connectivity index (χ4v) is 2.67. The summed E-state index contributed by atoms with van der Waals surface area (Å²) in [5.74, 6) is 0. The first-order valence-electron chi connectivity index (χ1n) is 7.84. The molecule has 0 unspecified atom stereocenters. The van der Waals surface area contributed by atoms with Crippen molar-refractivity contribution in [3.05, 3.63) is 54.1 Å². The zero-order valence-electron chi connectivity index (χ0n) is 14.0. The Balaban J connectivity index is 2.02. The molecule has 0 spiro atoms. The van der Waals surface area contributed by atoms with E-state index in [0.717, 1.165) is 22.9 Å². The van der Waals surface area contributed by atoms with Crippen LogP contribution in [0.25, 0.3) is 11.1 Å². The molecule has 23 heavy (non-hydrogen) atoms. The minimum Gasteiger partial charge on any atom is -0.399 e. The van der Waals surface area contributed by atoms with Gasteiger partial charge in [-0.2, -0.15) is 0 Å². The van der Waals surface area contributed by atoms with Crippen LogP contribution in [0.5, 0.6) is 0 Å². The molecular formula is C19H21BO3. The second kappa shape index (κ2) is 5.62. The molecule has 1 heterocycles. The summed E-state index contributed by atoms with van der Waals surface area (Å²) >= 11 is 0. The van der Waals surface area contributed by atoms with E-state index >= 15 is 0 Å². The SMILES string of the molecule is CC1(C)OB(c2ccc(C=O)c(-c3ccccc3)c2)OC1(C)C. The summed E-state index contributed by atoms with van der Waals surface area (Å²) in [7, 11) is -0.428. The monoisotopic (exact) mass is 308 g/mol. The summed E-state index contributed by atoms with van der Waals surface area (Å²) in [5, 5.41) is 0. The maximum Gasteiger partial charge on any atom is 0.494 e. The summed E-state index contributed by atoms with van der Waals surface area (Å²) in [6.07, 6.45) is 0.885. The van der Waals surface area contributed by atoms with E-state index in [2.05, 4.69) is 0 Å². The Morgan fingerprint density at radius 1 is 0.913 bits per heavy atom. The minimum atomic E-state index is -0.428. The van der Waals surface area contributed by atoms with Crippen molar-refractivity contribution in [3.8, 4) is 11.1 Å². The van der Waals surface area contributed by atoms with E-state index in [0.29, 0.717) is 5.56 Å². The van der Waals surface area contributed by atoms with Crippen LogP contribution in [0.15, 0.2) is 48.5 Å². The molecule has 3 nitrogen and oxygen atoms in total. The van der Waals surface area contributed by atoms with Crippen LogP contribution in [0.1, 0.15) is 38.1 Å². The molecule has 0 atom stereocenters. The van der Waals surface area contributed by atoms with Crippen LogP contribution in [0.4, 0.5) is 0 Å². The Morgan fingerprint density at radius 3 is 2.09 bits per heavy atom. The highest BCUT2D eigenvalue weighted by atomic mass is 16.7. The van der Waals surface area contributed by atoms with E-state index in [1.165, 1.54) is 0 Å². The van der Waals surface area contributed by atoms with Gasteiger partial charge in [-0.05, 0) is 44.3 Å². The van der Waals surface area contributed by atoms with Crippen LogP contribution < -0.4 is 5.46 Å². The number of hydrogen-bond acceptors (Lipinski definition) is 3. The molecule has 1 fully saturated rings. The smallest absolute Gasteiger partial charge is 0.399 e. The van der Waals surface area contributed by atoms with Gasteiger partial charge >= 0.3 is 7.12 Å². The number of hydrogen-bond donors (Lipinski definition) is 0. The van der Waals surface area contributed by atoms with Crippen LogP contribution in [-0.2, 0) is 9.31 Å². The predicted molar refractivity (Wildman–Crippen MR) is 93.0 cm³/mol. The van der Waals surface area contributed by atoms with Crippen molar-refractivity contribution >= 4 is 18.9 Å². The molecule has 0 amide bonds. The highest BCUT2D eigenvalue weighted by Crippen LogP contribution is 2.36. The molecule has 0 bridgehead atoms. The fraction of sp³-hybridized carbons (Fsp3) is 0.316. The molecule has 3 rings (SSSR count). The third-order valence-electron chi connectivity index (χ3n) is 4.81. The Kier molecular flexibility index (Phi) is 3.90. The van der Waals surface area contributed by atoms with E-state index in [1.54, 1.807) is 0 Å². The van der Waals surface area contributed by atoms with Crippen molar-refractivity contribution in [3.63, 3.8) is 0 Å². The number of carbonyl (C=O) groups excluding carboxylic acids is 1. The highest BCUT2D eigenvalue weighted by molar-refractivity contribution is 6.62. The largest absolute Gasteiger partial charge is 0.494 e. The molecule has 4 heteroatoms. The molecule has 0 radical (unpaired) electrons. The summed E-state index contributed by atoms with van der Waals surface area (Å²) in [5.41, 5.74) is 2.73. The lowest BCUT2D eigenvalue weighted by atomic mass is 9.77. The summed E-state index contributed by atoms with van der Waals surface area (Å²) in [4.78, 5) is 11.4. The summed E-state index contributed by atoms with van der Waals surface area (Å²) in [6, 6.07) is 15.6. The molecule has 0 aromatic heterocycles. The maximum absolute atomic E-state index is 11.4. The number of carbonyl (C=O) groups is 1. The number of benzene rings is 2. The van der Waals surface area contributed by atoms with Gasteiger partial charge in [0.05, 0.1) is 11.2 Å². The second-order valence-electron chi connectivity index (χ2n) is 6.92. The predicted octanol–water partition coefficient (Wildman–Crippen LogP) is 3.47. The van der Waals surface area contributed by atoms with Gasteiger partial charge in [-0.1, -0.05) is 48.5 Å². The first kappa shape index (κ1) is 16.0. The molecular weight excluding hydrogens is 287 g/mol. The van der Waals surface area contributed by atoms with E-state index < -0.39 is 7.12 Å². The van der Waals surface area contributed by atoms with E-state index in [-0.39, 0.29) is 11.2 Å². The van der Waals surface area contributed by atoms with Crippen molar-refractivity contribution in [2.75, 3.05) is 0 Å². The van der Waals surface area contributed by atoms with Crippen molar-refractivity contribution in [1.82, 2.24) is 0 Å². The summed E-state index contributed by atoms with van der Waals surface area (Å²) < 4.78 is 12.2. The average molecular weight is 308 g/mol. The Hall–Kier alpha value is -1.91. The van der Waals surface area contributed by atoms with Gasteiger partial charge in [-0.25, -0.2) is 0 Å². The van der Waals surface area contributed by atoms with Gasteiger partial charge in [0.2, 0.25) is 0 Å². The van der Waals surface area contributed by atoms with Crippen molar-refractivity contribution in [1.29, 1.82) is 0 Å². The average Bonchev–Trinajstić information content (AvgIpc) is 2.75. The zero-order valence-corrected chi connectivity index (χ0v) is 14.0. The van der Waals surface area contributed by atoms with Gasteiger partial charge in [0, 0.05) is 5.56 Å². The summed E-state index contributed by atoms with van der Waals surface area (Å²) in [6.45, 7) is 8.13. The van der Waals surface area contributed by atoms with E-state index in [1.807, 2.05) is 76.2 Å². The van der Waals surface area contributed by atoms with Crippen molar-refractivity contribution < 1.29 is 14.1 Å². The molecule has 0 aliphatic carbocycles. The van der Waals surface area contributed by atoms with Crippen molar-refractivity contribution in [2.45, 2.75) is 38.9 Å². The zero-order chi connectivity index (χ0) is 16.7. The van der Waals surface area contributed by atoms with Gasteiger partial charge in [0.15, 0.2) is 6.29 Å². The number of rotatable bonds is 3. The molecule has 118 valence electrons. The molecule has 0 saturated carbocycles. The molecule has 0 N–H and O–H groups in total. The lowest BCUT2D eigenvalue weighted by molar-refractivity contribution is 0.00578. The van der Waals surface area contributed by atoms with Gasteiger partial charge in [-0.15, -0.1) is 0 Å². The van der Waals surface area contributed by atoms with Gasteiger partial charge in [0.25, 0.3) is 0 Å². The van der Waals surface area contributed by atoms with Gasteiger partial charge in [0.1, 0.15) is 0 Å². The van der Waals surface area contributed by atoms with Crippen LogP contribution in [0, 0.1) is 0 Å². The number of aldehydes is 1. The van der Waals surface area contributed by atoms with E-state index in [9.17, 15) is 4.79 Å². The highest BCUT2D eigenvalue weighted by Gasteiger charge is 2.51. The normalized spacial score (nSPS) is 18.9. The van der Waals surface area contributed by atoms with Gasteiger partial charge < -0.3 is 9.31 Å². The fourth-order valence-electron chi connectivity index (χ4n) is 2.67. The van der Waals surface area contributed by atoms with Gasteiger partial charge in [-0.3, -0.25) is 4.79 Å². The Morgan fingerprint density at radius 2 is 1.52 bits per heavy atom. The van der Waals surface area contributed by atoms with Crippen LogP contribution >= 0.6 is 0 Å². The van der Waals surface area contributed by atoms with E-state index in [4.69, 9.17) is 9.31 Å². The van der Waals surface area contributed by atoms with Crippen LogP contribution in [0.2, 0.25) is 0 Å². The third kappa shape index (κ3) is 2.84. The molecule has 2 aromatic carbocycles. The first-order chi connectivity index (χ1) is 10.8. The third-order valence-corrected chi connectivity index (χ3v) is 4.81. The molecule has 2 aromatic rings. The van der Waals surface area contributed by atoms with Crippen LogP contribution in [0.3, 0.4) is 0 Å². The minimum absolute atomic E-state index is 0.381. The lowest BCUT2D eigenvalue weighted by Gasteiger charge is -2.32. The quantitative estimate of drug-likeness (QED) is 0.643. The van der Waals surface area contributed by atoms with Crippen LogP contribution in [-0.4, -0.2) is 24.6 Å². The molecule has 1 aliphatic heterocycles. The van der Waals surface area contributed by atoms with Crippen molar-refractivity contribution in [2.24, 2.45) is 0 Å².